The molecular formula is C10H16N2. The highest BCUT2D eigenvalue weighted by atomic mass is 15.1. The maximum atomic E-state index is 4.24. The van der Waals surface area contributed by atoms with E-state index in [0.717, 1.165) is 5.69 Å². The molecule has 1 aromatic rings. The molecule has 0 N–H and O–H groups in total. The summed E-state index contributed by atoms with van der Waals surface area (Å²) in [6.07, 6.45) is 1.91. The maximum absolute atomic E-state index is 4.24. The first kappa shape index (κ1) is 9.04. The standard InChI is InChI=1S/C10H16N2/c1-8(2)12(4)10-6-5-9(3)11-7-10/h5-8H,1-4H3. The summed E-state index contributed by atoms with van der Waals surface area (Å²) >= 11 is 0. The van der Waals surface area contributed by atoms with Crippen LogP contribution < -0.4 is 4.90 Å². The molecule has 0 saturated carbocycles. The monoisotopic (exact) mass is 164 g/mol. The Morgan fingerprint density at radius 3 is 2.42 bits per heavy atom. The van der Waals surface area contributed by atoms with Crippen LogP contribution in [0.1, 0.15) is 19.5 Å². The third kappa shape index (κ3) is 1.97. The zero-order valence-corrected chi connectivity index (χ0v) is 8.20. The highest BCUT2D eigenvalue weighted by molar-refractivity contribution is 5.44. The normalized spacial score (nSPS) is 10.4. The molecule has 1 aromatic heterocycles. The number of pyridine rings is 1. The van der Waals surface area contributed by atoms with Gasteiger partial charge in [0.15, 0.2) is 0 Å². The summed E-state index contributed by atoms with van der Waals surface area (Å²) in [7, 11) is 2.08. The van der Waals surface area contributed by atoms with E-state index in [1.807, 2.05) is 19.2 Å². The third-order valence-corrected chi connectivity index (χ3v) is 2.08. The summed E-state index contributed by atoms with van der Waals surface area (Å²) in [5, 5.41) is 0. The first-order valence-corrected chi connectivity index (χ1v) is 4.26. The van der Waals surface area contributed by atoms with Gasteiger partial charge < -0.3 is 4.90 Å². The Morgan fingerprint density at radius 2 is 2.00 bits per heavy atom. The lowest BCUT2D eigenvalue weighted by Crippen LogP contribution is -2.25. The van der Waals surface area contributed by atoms with Gasteiger partial charge in [-0.25, -0.2) is 0 Å². The number of hydrogen-bond donors (Lipinski definition) is 0. The van der Waals surface area contributed by atoms with Gasteiger partial charge in [-0.05, 0) is 32.9 Å². The summed E-state index contributed by atoms with van der Waals surface area (Å²) < 4.78 is 0. The van der Waals surface area contributed by atoms with Crippen molar-refractivity contribution >= 4 is 5.69 Å². The van der Waals surface area contributed by atoms with Gasteiger partial charge in [0.05, 0.1) is 11.9 Å². The largest absolute Gasteiger partial charge is 0.371 e. The third-order valence-electron chi connectivity index (χ3n) is 2.08. The number of hydrogen-bond acceptors (Lipinski definition) is 2. The van der Waals surface area contributed by atoms with Gasteiger partial charge in [-0.3, -0.25) is 4.98 Å². The Bertz CT molecular complexity index is 239. The number of aromatic nitrogens is 1. The second-order valence-electron chi connectivity index (χ2n) is 3.36. The molecule has 0 bridgehead atoms. The van der Waals surface area contributed by atoms with Crippen molar-refractivity contribution < 1.29 is 0 Å². The SMILES string of the molecule is Cc1ccc(N(C)C(C)C)cn1. The molecule has 0 amide bonds. The molecule has 2 nitrogen and oxygen atoms in total. The molecule has 2 heteroatoms. The zero-order chi connectivity index (χ0) is 9.14. The summed E-state index contributed by atoms with van der Waals surface area (Å²) in [5.74, 6) is 0. The molecule has 12 heavy (non-hydrogen) atoms. The van der Waals surface area contributed by atoms with Gasteiger partial charge in [0.25, 0.3) is 0 Å². The predicted molar refractivity (Wildman–Crippen MR) is 52.5 cm³/mol. The van der Waals surface area contributed by atoms with Crippen molar-refractivity contribution in [3.63, 3.8) is 0 Å². The minimum atomic E-state index is 0.523. The first-order chi connectivity index (χ1) is 5.61. The Hall–Kier alpha value is -1.05. The fraction of sp³-hybridized carbons (Fsp3) is 0.500. The van der Waals surface area contributed by atoms with Crippen molar-refractivity contribution in [1.82, 2.24) is 4.98 Å². The first-order valence-electron chi connectivity index (χ1n) is 4.26. The predicted octanol–water partition coefficient (Wildman–Crippen LogP) is 2.23. The summed E-state index contributed by atoms with van der Waals surface area (Å²) in [4.78, 5) is 6.44. The summed E-state index contributed by atoms with van der Waals surface area (Å²) in [6.45, 7) is 6.33. The van der Waals surface area contributed by atoms with E-state index in [1.54, 1.807) is 0 Å². The smallest absolute Gasteiger partial charge is 0.0552 e. The lowest BCUT2D eigenvalue weighted by atomic mass is 10.3. The average molecular weight is 164 g/mol. The zero-order valence-electron chi connectivity index (χ0n) is 8.20. The van der Waals surface area contributed by atoms with E-state index in [1.165, 1.54) is 5.69 Å². The molecule has 0 spiro atoms. The molecule has 0 aromatic carbocycles. The number of rotatable bonds is 2. The van der Waals surface area contributed by atoms with Gasteiger partial charge >= 0.3 is 0 Å². The van der Waals surface area contributed by atoms with Crippen LogP contribution in [0.15, 0.2) is 18.3 Å². The van der Waals surface area contributed by atoms with Crippen LogP contribution in [0.2, 0.25) is 0 Å². The van der Waals surface area contributed by atoms with E-state index >= 15 is 0 Å². The van der Waals surface area contributed by atoms with Gasteiger partial charge in [0.2, 0.25) is 0 Å². The van der Waals surface area contributed by atoms with Crippen LogP contribution in [-0.4, -0.2) is 18.1 Å². The fourth-order valence-electron chi connectivity index (χ4n) is 0.967. The number of anilines is 1. The molecule has 0 aliphatic carbocycles. The van der Waals surface area contributed by atoms with Crippen molar-refractivity contribution in [3.8, 4) is 0 Å². The molecule has 0 saturated heterocycles. The van der Waals surface area contributed by atoms with E-state index in [0.29, 0.717) is 6.04 Å². The van der Waals surface area contributed by atoms with Crippen molar-refractivity contribution in [2.24, 2.45) is 0 Å². The average Bonchev–Trinajstić information content (AvgIpc) is 2.04. The lowest BCUT2D eigenvalue weighted by Gasteiger charge is -2.23. The molecule has 0 aliphatic rings. The quantitative estimate of drug-likeness (QED) is 0.666. The van der Waals surface area contributed by atoms with Crippen molar-refractivity contribution in [1.29, 1.82) is 0 Å². The molecule has 1 heterocycles. The van der Waals surface area contributed by atoms with Crippen molar-refractivity contribution in [2.75, 3.05) is 11.9 Å². The minimum Gasteiger partial charge on any atom is -0.371 e. The Balaban J connectivity index is 2.82. The van der Waals surface area contributed by atoms with Gasteiger partial charge in [0.1, 0.15) is 0 Å². The topological polar surface area (TPSA) is 16.1 Å². The van der Waals surface area contributed by atoms with Crippen LogP contribution in [0.3, 0.4) is 0 Å². The van der Waals surface area contributed by atoms with Crippen LogP contribution >= 0.6 is 0 Å². The van der Waals surface area contributed by atoms with Crippen LogP contribution in [0.4, 0.5) is 5.69 Å². The molecule has 0 unspecified atom stereocenters. The van der Waals surface area contributed by atoms with Gasteiger partial charge in [-0.15, -0.1) is 0 Å². The molecule has 1 rings (SSSR count). The Kier molecular flexibility index (Phi) is 2.69. The van der Waals surface area contributed by atoms with Gasteiger partial charge in [-0.1, -0.05) is 0 Å². The highest BCUT2D eigenvalue weighted by Crippen LogP contribution is 2.13. The van der Waals surface area contributed by atoms with Crippen LogP contribution in [-0.2, 0) is 0 Å². The van der Waals surface area contributed by atoms with Gasteiger partial charge in [-0.2, -0.15) is 0 Å². The highest BCUT2D eigenvalue weighted by Gasteiger charge is 2.03. The molecule has 0 aliphatic heterocycles. The number of nitrogens with zero attached hydrogens (tertiary/aromatic N) is 2. The molecular weight excluding hydrogens is 148 g/mol. The van der Waals surface area contributed by atoms with Crippen LogP contribution in [0.5, 0.6) is 0 Å². The van der Waals surface area contributed by atoms with E-state index in [9.17, 15) is 0 Å². The molecule has 0 fully saturated rings. The van der Waals surface area contributed by atoms with E-state index in [2.05, 4.69) is 36.8 Å². The van der Waals surface area contributed by atoms with Crippen molar-refractivity contribution in [2.45, 2.75) is 26.8 Å². The lowest BCUT2D eigenvalue weighted by molar-refractivity contribution is 0.752. The van der Waals surface area contributed by atoms with Crippen LogP contribution in [0, 0.1) is 6.92 Å². The summed E-state index contributed by atoms with van der Waals surface area (Å²) in [6, 6.07) is 4.66. The molecule has 0 radical (unpaired) electrons. The fourth-order valence-corrected chi connectivity index (χ4v) is 0.967. The van der Waals surface area contributed by atoms with E-state index in [4.69, 9.17) is 0 Å². The van der Waals surface area contributed by atoms with Crippen LogP contribution in [0.25, 0.3) is 0 Å². The second kappa shape index (κ2) is 3.57. The van der Waals surface area contributed by atoms with E-state index < -0.39 is 0 Å². The molecule has 0 atom stereocenters. The molecule has 66 valence electrons. The maximum Gasteiger partial charge on any atom is 0.0552 e. The summed E-state index contributed by atoms with van der Waals surface area (Å²) in [5.41, 5.74) is 2.24. The van der Waals surface area contributed by atoms with Crippen molar-refractivity contribution in [3.05, 3.63) is 24.0 Å². The van der Waals surface area contributed by atoms with E-state index in [-0.39, 0.29) is 0 Å². The Morgan fingerprint density at radius 1 is 1.33 bits per heavy atom. The number of aryl methyl sites for hydroxylation is 1. The van der Waals surface area contributed by atoms with Gasteiger partial charge in [0, 0.05) is 18.8 Å². The second-order valence-corrected chi connectivity index (χ2v) is 3.36. The minimum absolute atomic E-state index is 0.523. The Labute approximate surface area is 74.2 Å².